The van der Waals surface area contributed by atoms with E-state index in [0.717, 1.165) is 19.5 Å². The average molecular weight is 227 g/mol. The van der Waals surface area contributed by atoms with Crippen LogP contribution in [0.3, 0.4) is 0 Å². The molecule has 0 fully saturated rings. The largest absolute Gasteiger partial charge is 0.301 e. The lowest BCUT2D eigenvalue weighted by Gasteiger charge is -2.14. The Labute approximate surface area is 101 Å². The molecule has 2 heterocycles. The van der Waals surface area contributed by atoms with Crippen LogP contribution in [0.25, 0.3) is 0 Å². The second-order valence-electron chi connectivity index (χ2n) is 4.49. The number of hydrogen-bond donors (Lipinski definition) is 1. The lowest BCUT2D eigenvalue weighted by atomic mass is 10.0. The summed E-state index contributed by atoms with van der Waals surface area (Å²) in [6, 6.07) is 11.0. The van der Waals surface area contributed by atoms with E-state index in [2.05, 4.69) is 52.4 Å². The van der Waals surface area contributed by atoms with Crippen LogP contribution in [0.15, 0.2) is 36.5 Å². The quantitative estimate of drug-likeness (QED) is 0.873. The van der Waals surface area contributed by atoms with Gasteiger partial charge >= 0.3 is 0 Å². The Morgan fingerprint density at radius 2 is 2.24 bits per heavy atom. The molecule has 0 saturated heterocycles. The van der Waals surface area contributed by atoms with Gasteiger partial charge in [-0.2, -0.15) is 5.10 Å². The molecule has 17 heavy (non-hydrogen) atoms. The van der Waals surface area contributed by atoms with E-state index in [4.69, 9.17) is 0 Å². The Balaban J connectivity index is 1.98. The van der Waals surface area contributed by atoms with E-state index in [0.29, 0.717) is 6.04 Å². The highest BCUT2D eigenvalue weighted by Gasteiger charge is 2.25. The van der Waals surface area contributed by atoms with Crippen molar-refractivity contribution in [3.05, 3.63) is 53.3 Å². The van der Waals surface area contributed by atoms with Gasteiger partial charge in [-0.1, -0.05) is 31.2 Å². The number of aryl methyl sites for hydroxylation is 1. The molecule has 0 bridgehead atoms. The highest BCUT2D eigenvalue weighted by Crippen LogP contribution is 2.30. The van der Waals surface area contributed by atoms with Crippen LogP contribution < -0.4 is 5.32 Å². The van der Waals surface area contributed by atoms with Gasteiger partial charge in [0.05, 0.1) is 11.7 Å². The molecule has 3 rings (SSSR count). The summed E-state index contributed by atoms with van der Waals surface area (Å²) in [7, 11) is 0. The Bertz CT molecular complexity index is 516. The lowest BCUT2D eigenvalue weighted by molar-refractivity contribution is 0.532. The standard InChI is InChI=1S/C14H17N3/c1-2-9-17-13(7-8-16-17)14-12-6-4-3-5-11(12)10-15-14/h3-8,14-15H,2,9-10H2,1H3. The Morgan fingerprint density at radius 1 is 1.35 bits per heavy atom. The zero-order valence-corrected chi connectivity index (χ0v) is 10.1. The highest BCUT2D eigenvalue weighted by atomic mass is 15.3. The van der Waals surface area contributed by atoms with Crippen LogP contribution in [-0.4, -0.2) is 9.78 Å². The fourth-order valence-electron chi connectivity index (χ4n) is 2.55. The van der Waals surface area contributed by atoms with Gasteiger partial charge in [-0.3, -0.25) is 4.68 Å². The molecule has 3 nitrogen and oxygen atoms in total. The molecule has 1 N–H and O–H groups in total. The third-order valence-corrected chi connectivity index (χ3v) is 3.34. The fourth-order valence-corrected chi connectivity index (χ4v) is 2.55. The van der Waals surface area contributed by atoms with Crippen molar-refractivity contribution in [1.29, 1.82) is 0 Å². The van der Waals surface area contributed by atoms with Crippen molar-refractivity contribution >= 4 is 0 Å². The summed E-state index contributed by atoms with van der Waals surface area (Å²) in [4.78, 5) is 0. The SMILES string of the molecule is CCCn1nccc1C1NCc2ccccc21. The molecule has 3 heteroatoms. The smallest absolute Gasteiger partial charge is 0.0754 e. The van der Waals surface area contributed by atoms with Gasteiger partial charge in [0, 0.05) is 19.3 Å². The zero-order chi connectivity index (χ0) is 11.7. The predicted molar refractivity (Wildman–Crippen MR) is 67.6 cm³/mol. The maximum atomic E-state index is 4.40. The number of benzene rings is 1. The molecule has 1 aliphatic rings. The molecule has 1 aromatic heterocycles. The maximum absolute atomic E-state index is 4.40. The minimum absolute atomic E-state index is 0.306. The number of nitrogens with one attached hydrogen (secondary N) is 1. The average Bonchev–Trinajstić information content (AvgIpc) is 2.95. The van der Waals surface area contributed by atoms with Crippen molar-refractivity contribution in [1.82, 2.24) is 15.1 Å². The van der Waals surface area contributed by atoms with E-state index >= 15 is 0 Å². The molecule has 2 aromatic rings. The molecule has 1 unspecified atom stereocenters. The van der Waals surface area contributed by atoms with E-state index in [1.807, 2.05) is 6.20 Å². The van der Waals surface area contributed by atoms with Crippen LogP contribution in [0.4, 0.5) is 0 Å². The lowest BCUT2D eigenvalue weighted by Crippen LogP contribution is -2.18. The van der Waals surface area contributed by atoms with Crippen molar-refractivity contribution in [2.45, 2.75) is 32.5 Å². The first-order valence-corrected chi connectivity index (χ1v) is 6.23. The number of rotatable bonds is 3. The zero-order valence-electron chi connectivity index (χ0n) is 10.1. The van der Waals surface area contributed by atoms with Crippen molar-refractivity contribution < 1.29 is 0 Å². The van der Waals surface area contributed by atoms with Crippen LogP contribution in [0.5, 0.6) is 0 Å². The van der Waals surface area contributed by atoms with Gasteiger partial charge in [0.2, 0.25) is 0 Å². The maximum Gasteiger partial charge on any atom is 0.0754 e. The van der Waals surface area contributed by atoms with Crippen LogP contribution in [0.2, 0.25) is 0 Å². The van der Waals surface area contributed by atoms with Crippen molar-refractivity contribution in [2.24, 2.45) is 0 Å². The molecule has 1 aliphatic heterocycles. The molecule has 0 saturated carbocycles. The first kappa shape index (κ1) is 10.5. The van der Waals surface area contributed by atoms with Gasteiger partial charge in [0.1, 0.15) is 0 Å². The monoisotopic (exact) mass is 227 g/mol. The van der Waals surface area contributed by atoms with Gasteiger partial charge in [0.15, 0.2) is 0 Å². The normalized spacial score (nSPS) is 18.3. The topological polar surface area (TPSA) is 29.9 Å². The summed E-state index contributed by atoms with van der Waals surface area (Å²) in [5.41, 5.74) is 4.07. The fraction of sp³-hybridized carbons (Fsp3) is 0.357. The Kier molecular flexibility index (Phi) is 2.69. The van der Waals surface area contributed by atoms with Gasteiger partial charge in [-0.25, -0.2) is 0 Å². The summed E-state index contributed by atoms with van der Waals surface area (Å²) in [5, 5.41) is 7.96. The van der Waals surface area contributed by atoms with Gasteiger partial charge in [0.25, 0.3) is 0 Å². The summed E-state index contributed by atoms with van der Waals surface area (Å²) < 4.78 is 2.11. The molecule has 0 radical (unpaired) electrons. The van der Waals surface area contributed by atoms with Crippen molar-refractivity contribution in [3.8, 4) is 0 Å². The van der Waals surface area contributed by atoms with Gasteiger partial charge in [-0.15, -0.1) is 0 Å². The van der Waals surface area contributed by atoms with E-state index in [1.54, 1.807) is 0 Å². The number of hydrogen-bond acceptors (Lipinski definition) is 2. The third-order valence-electron chi connectivity index (χ3n) is 3.34. The van der Waals surface area contributed by atoms with E-state index < -0.39 is 0 Å². The molecule has 1 atom stereocenters. The Hall–Kier alpha value is -1.61. The minimum atomic E-state index is 0.306. The molecule has 0 amide bonds. The van der Waals surface area contributed by atoms with Crippen LogP contribution in [-0.2, 0) is 13.1 Å². The first-order chi connectivity index (χ1) is 8.40. The molecule has 0 spiro atoms. The highest BCUT2D eigenvalue weighted by molar-refractivity contribution is 5.38. The molecule has 1 aromatic carbocycles. The van der Waals surface area contributed by atoms with Crippen LogP contribution >= 0.6 is 0 Å². The summed E-state index contributed by atoms with van der Waals surface area (Å²) in [6.07, 6.45) is 3.01. The predicted octanol–water partition coefficient (Wildman–Crippen LogP) is 2.49. The molecule has 0 aliphatic carbocycles. The number of nitrogens with zero attached hydrogens (tertiary/aromatic N) is 2. The second-order valence-corrected chi connectivity index (χ2v) is 4.49. The van der Waals surface area contributed by atoms with E-state index in [1.165, 1.54) is 16.8 Å². The van der Waals surface area contributed by atoms with Crippen LogP contribution in [0, 0.1) is 0 Å². The van der Waals surface area contributed by atoms with E-state index in [-0.39, 0.29) is 0 Å². The molecular weight excluding hydrogens is 210 g/mol. The number of aromatic nitrogens is 2. The summed E-state index contributed by atoms with van der Waals surface area (Å²) in [5.74, 6) is 0. The summed E-state index contributed by atoms with van der Waals surface area (Å²) in [6.45, 7) is 4.13. The van der Waals surface area contributed by atoms with Crippen LogP contribution in [0.1, 0.15) is 36.2 Å². The Morgan fingerprint density at radius 3 is 3.12 bits per heavy atom. The minimum Gasteiger partial charge on any atom is -0.301 e. The van der Waals surface area contributed by atoms with Crippen molar-refractivity contribution in [2.75, 3.05) is 0 Å². The van der Waals surface area contributed by atoms with Gasteiger partial charge < -0.3 is 5.32 Å². The third kappa shape index (κ3) is 1.76. The number of fused-ring (bicyclic) bond motifs is 1. The molecule has 88 valence electrons. The second kappa shape index (κ2) is 4.34. The van der Waals surface area contributed by atoms with Gasteiger partial charge in [-0.05, 0) is 23.6 Å². The first-order valence-electron chi connectivity index (χ1n) is 6.23. The summed E-state index contributed by atoms with van der Waals surface area (Å²) >= 11 is 0. The molecular formula is C14H17N3. The van der Waals surface area contributed by atoms with E-state index in [9.17, 15) is 0 Å². The van der Waals surface area contributed by atoms with Crippen molar-refractivity contribution in [3.63, 3.8) is 0 Å².